The second-order valence-corrected chi connectivity index (χ2v) is 5.03. The molecule has 1 saturated heterocycles. The van der Waals surface area contributed by atoms with Crippen LogP contribution in [-0.2, 0) is 16.0 Å². The highest BCUT2D eigenvalue weighted by Gasteiger charge is 2.36. The predicted octanol–water partition coefficient (Wildman–Crippen LogP) is 1.34. The number of carbonyl (C=O) groups excluding carboxylic acids is 1. The van der Waals surface area contributed by atoms with Crippen LogP contribution in [0.5, 0.6) is 0 Å². The van der Waals surface area contributed by atoms with Gasteiger partial charge < -0.3 is 10.0 Å². The summed E-state index contributed by atoms with van der Waals surface area (Å²) in [7, 11) is 0. The Hall–Kier alpha value is -1.91. The van der Waals surface area contributed by atoms with Gasteiger partial charge in [-0.3, -0.25) is 9.78 Å². The molecule has 1 aliphatic rings. The maximum Gasteiger partial charge on any atom is 0.326 e. The minimum Gasteiger partial charge on any atom is -0.480 e. The number of aliphatic carboxylic acids is 1. The molecule has 5 nitrogen and oxygen atoms in total. The Kier molecular flexibility index (Phi) is 4.14. The number of aromatic nitrogens is 1. The van der Waals surface area contributed by atoms with Crippen molar-refractivity contribution in [3.63, 3.8) is 0 Å². The van der Waals surface area contributed by atoms with Gasteiger partial charge in [0.15, 0.2) is 0 Å². The number of hydrogen-bond acceptors (Lipinski definition) is 3. The maximum atomic E-state index is 12.3. The van der Waals surface area contributed by atoms with Crippen molar-refractivity contribution in [2.24, 2.45) is 5.92 Å². The third kappa shape index (κ3) is 3.10. The van der Waals surface area contributed by atoms with Crippen LogP contribution in [0.1, 0.15) is 25.3 Å². The lowest BCUT2D eigenvalue weighted by atomic mass is 9.90. The van der Waals surface area contributed by atoms with Crippen molar-refractivity contribution in [3.05, 3.63) is 30.1 Å². The summed E-state index contributed by atoms with van der Waals surface area (Å²) in [6.07, 6.45) is 5.22. The first-order valence-electron chi connectivity index (χ1n) is 6.51. The average molecular weight is 262 g/mol. The van der Waals surface area contributed by atoms with E-state index in [2.05, 4.69) is 4.98 Å². The summed E-state index contributed by atoms with van der Waals surface area (Å²) in [5, 5.41) is 9.29. The van der Waals surface area contributed by atoms with E-state index >= 15 is 0 Å². The monoisotopic (exact) mass is 262 g/mol. The quantitative estimate of drug-likeness (QED) is 0.892. The van der Waals surface area contributed by atoms with E-state index in [1.54, 1.807) is 18.5 Å². The zero-order valence-electron chi connectivity index (χ0n) is 11.0. The second kappa shape index (κ2) is 5.82. The molecule has 0 spiro atoms. The maximum absolute atomic E-state index is 12.3. The number of hydrogen-bond donors (Lipinski definition) is 1. The van der Waals surface area contributed by atoms with Crippen LogP contribution in [0.2, 0.25) is 0 Å². The van der Waals surface area contributed by atoms with Gasteiger partial charge in [-0.2, -0.15) is 0 Å². The van der Waals surface area contributed by atoms with Crippen LogP contribution >= 0.6 is 0 Å². The highest BCUT2D eigenvalue weighted by molar-refractivity contribution is 5.85. The number of carbonyl (C=O) groups is 2. The van der Waals surface area contributed by atoms with E-state index in [9.17, 15) is 14.7 Å². The molecule has 5 heteroatoms. The fourth-order valence-electron chi connectivity index (χ4n) is 2.62. The Balaban J connectivity index is 2.10. The summed E-state index contributed by atoms with van der Waals surface area (Å²) in [6, 6.07) is 2.90. The Bertz CT molecular complexity index is 461. The van der Waals surface area contributed by atoms with E-state index < -0.39 is 12.0 Å². The number of nitrogens with zero attached hydrogens (tertiary/aromatic N) is 2. The fraction of sp³-hybridized carbons (Fsp3) is 0.500. The molecular weight excluding hydrogens is 244 g/mol. The van der Waals surface area contributed by atoms with Crippen molar-refractivity contribution in [2.45, 2.75) is 32.2 Å². The van der Waals surface area contributed by atoms with Gasteiger partial charge in [-0.1, -0.05) is 13.0 Å². The predicted molar refractivity (Wildman–Crippen MR) is 69.5 cm³/mol. The topological polar surface area (TPSA) is 70.5 Å². The van der Waals surface area contributed by atoms with Crippen LogP contribution in [0, 0.1) is 5.92 Å². The zero-order chi connectivity index (χ0) is 13.8. The van der Waals surface area contributed by atoms with E-state index in [1.165, 1.54) is 4.90 Å². The van der Waals surface area contributed by atoms with Crippen molar-refractivity contribution < 1.29 is 14.7 Å². The van der Waals surface area contributed by atoms with Crippen LogP contribution in [0.3, 0.4) is 0 Å². The van der Waals surface area contributed by atoms with Crippen LogP contribution in [-0.4, -0.2) is 39.5 Å². The molecule has 2 heterocycles. The van der Waals surface area contributed by atoms with Gasteiger partial charge in [-0.25, -0.2) is 4.79 Å². The summed E-state index contributed by atoms with van der Waals surface area (Å²) in [5.74, 6) is -1.04. The SMILES string of the molecule is CC1CCCN(C(=O)Cc2cccnc2)C1C(=O)O. The van der Waals surface area contributed by atoms with Crippen molar-refractivity contribution in [2.75, 3.05) is 6.54 Å². The number of likely N-dealkylation sites (tertiary alicyclic amines) is 1. The van der Waals surface area contributed by atoms with Crippen LogP contribution in [0.25, 0.3) is 0 Å². The lowest BCUT2D eigenvalue weighted by Crippen LogP contribution is -2.52. The van der Waals surface area contributed by atoms with Gasteiger partial charge in [0, 0.05) is 18.9 Å². The minimum absolute atomic E-state index is 0.00379. The van der Waals surface area contributed by atoms with Crippen molar-refractivity contribution >= 4 is 11.9 Å². The molecule has 1 amide bonds. The summed E-state index contributed by atoms with van der Waals surface area (Å²) in [5.41, 5.74) is 0.815. The molecule has 19 heavy (non-hydrogen) atoms. The van der Waals surface area contributed by atoms with Crippen molar-refractivity contribution in [3.8, 4) is 0 Å². The highest BCUT2D eigenvalue weighted by Crippen LogP contribution is 2.24. The Labute approximate surface area is 112 Å². The normalized spacial score (nSPS) is 23.1. The molecule has 2 atom stereocenters. The molecule has 0 aliphatic carbocycles. The second-order valence-electron chi connectivity index (χ2n) is 5.03. The Morgan fingerprint density at radius 3 is 2.95 bits per heavy atom. The number of carboxylic acids is 1. The minimum atomic E-state index is -0.910. The van der Waals surface area contributed by atoms with E-state index in [-0.39, 0.29) is 18.2 Å². The van der Waals surface area contributed by atoms with E-state index in [1.807, 2.05) is 13.0 Å². The van der Waals surface area contributed by atoms with Gasteiger partial charge in [0.05, 0.1) is 6.42 Å². The third-order valence-electron chi connectivity index (χ3n) is 3.58. The van der Waals surface area contributed by atoms with Gasteiger partial charge in [-0.15, -0.1) is 0 Å². The average Bonchev–Trinajstić information content (AvgIpc) is 2.39. The van der Waals surface area contributed by atoms with Crippen LogP contribution in [0.4, 0.5) is 0 Å². The molecule has 2 rings (SSSR count). The smallest absolute Gasteiger partial charge is 0.326 e. The lowest BCUT2D eigenvalue weighted by molar-refractivity contribution is -0.154. The zero-order valence-corrected chi connectivity index (χ0v) is 11.0. The molecule has 2 unspecified atom stereocenters. The Morgan fingerprint density at radius 2 is 2.32 bits per heavy atom. The summed E-state index contributed by atoms with van der Waals surface area (Å²) in [4.78, 5) is 29.1. The van der Waals surface area contributed by atoms with E-state index in [4.69, 9.17) is 0 Å². The largest absolute Gasteiger partial charge is 0.480 e. The molecular formula is C14H18N2O3. The third-order valence-corrected chi connectivity index (χ3v) is 3.58. The number of rotatable bonds is 3. The summed E-state index contributed by atoms with van der Waals surface area (Å²) < 4.78 is 0. The molecule has 1 fully saturated rings. The van der Waals surface area contributed by atoms with Gasteiger partial charge >= 0.3 is 5.97 Å². The van der Waals surface area contributed by atoms with Gasteiger partial charge in [0.2, 0.25) is 5.91 Å². The molecule has 1 aromatic heterocycles. The number of pyridine rings is 1. The summed E-state index contributed by atoms with van der Waals surface area (Å²) >= 11 is 0. The van der Waals surface area contributed by atoms with Crippen LogP contribution in [0.15, 0.2) is 24.5 Å². The Morgan fingerprint density at radius 1 is 1.53 bits per heavy atom. The van der Waals surface area contributed by atoms with Gasteiger partial charge in [-0.05, 0) is 30.4 Å². The molecule has 1 aliphatic heterocycles. The first-order valence-corrected chi connectivity index (χ1v) is 6.51. The fourth-order valence-corrected chi connectivity index (χ4v) is 2.62. The van der Waals surface area contributed by atoms with Crippen molar-refractivity contribution in [1.82, 2.24) is 9.88 Å². The molecule has 102 valence electrons. The van der Waals surface area contributed by atoms with Crippen LogP contribution < -0.4 is 0 Å². The standard InChI is InChI=1S/C14H18N2O3/c1-10-4-3-7-16(13(10)14(18)19)12(17)8-11-5-2-6-15-9-11/h2,5-6,9-10,13H,3-4,7-8H2,1H3,(H,18,19). The number of amides is 1. The molecule has 0 aromatic carbocycles. The van der Waals surface area contributed by atoms with Crippen molar-refractivity contribution in [1.29, 1.82) is 0 Å². The van der Waals surface area contributed by atoms with E-state index in [0.29, 0.717) is 6.54 Å². The summed E-state index contributed by atoms with van der Waals surface area (Å²) in [6.45, 7) is 2.42. The highest BCUT2D eigenvalue weighted by atomic mass is 16.4. The lowest BCUT2D eigenvalue weighted by Gasteiger charge is -2.37. The first kappa shape index (κ1) is 13.5. The molecule has 1 aromatic rings. The number of piperidine rings is 1. The van der Waals surface area contributed by atoms with E-state index in [0.717, 1.165) is 18.4 Å². The van der Waals surface area contributed by atoms with Gasteiger partial charge in [0.25, 0.3) is 0 Å². The molecule has 0 saturated carbocycles. The molecule has 1 N–H and O–H groups in total. The molecule has 0 radical (unpaired) electrons. The molecule has 0 bridgehead atoms. The van der Waals surface area contributed by atoms with Gasteiger partial charge in [0.1, 0.15) is 6.04 Å². The first-order chi connectivity index (χ1) is 9.09. The number of carboxylic acid groups (broad SMARTS) is 1.